The zero-order chi connectivity index (χ0) is 11.8. The monoisotopic (exact) mass is 220 g/mol. The van der Waals surface area contributed by atoms with Crippen molar-refractivity contribution in [3.63, 3.8) is 0 Å². The first kappa shape index (κ1) is 11.1. The first-order valence-electron chi connectivity index (χ1n) is 5.60. The number of benzene rings is 1. The van der Waals surface area contributed by atoms with E-state index in [1.165, 1.54) is 11.1 Å². The van der Waals surface area contributed by atoms with Crippen LogP contribution >= 0.6 is 0 Å². The number of aliphatic hydroxyl groups is 1. The molecule has 0 fully saturated rings. The van der Waals surface area contributed by atoms with Gasteiger partial charge in [-0.1, -0.05) is 31.2 Å². The van der Waals surface area contributed by atoms with Crippen molar-refractivity contribution in [2.75, 3.05) is 0 Å². The van der Waals surface area contributed by atoms with Gasteiger partial charge in [-0.2, -0.15) is 0 Å². The van der Waals surface area contributed by atoms with Crippen LogP contribution in [0, 0.1) is 5.92 Å². The summed E-state index contributed by atoms with van der Waals surface area (Å²) in [5.41, 5.74) is 0.750. The third-order valence-corrected chi connectivity index (χ3v) is 3.64. The van der Waals surface area contributed by atoms with E-state index in [4.69, 9.17) is 5.11 Å². The second-order valence-electron chi connectivity index (χ2n) is 4.46. The number of hydrogen-bond acceptors (Lipinski definition) is 2. The normalized spacial score (nSPS) is 19.1. The lowest BCUT2D eigenvalue weighted by Gasteiger charge is -2.28. The van der Waals surface area contributed by atoms with Crippen LogP contribution in [-0.4, -0.2) is 21.8 Å². The topological polar surface area (TPSA) is 57.5 Å². The summed E-state index contributed by atoms with van der Waals surface area (Å²) in [7, 11) is 0. The molecule has 2 rings (SSSR count). The van der Waals surface area contributed by atoms with Crippen LogP contribution in [0.15, 0.2) is 24.3 Å². The van der Waals surface area contributed by atoms with Crippen molar-refractivity contribution < 1.29 is 15.0 Å². The van der Waals surface area contributed by atoms with E-state index in [1.807, 2.05) is 24.3 Å². The van der Waals surface area contributed by atoms with E-state index >= 15 is 0 Å². The Morgan fingerprint density at radius 1 is 1.38 bits per heavy atom. The number of carboxylic acids is 1. The average molecular weight is 220 g/mol. The van der Waals surface area contributed by atoms with Crippen LogP contribution in [0.1, 0.15) is 24.5 Å². The molecule has 0 amide bonds. The predicted molar refractivity (Wildman–Crippen MR) is 60.2 cm³/mol. The third kappa shape index (κ3) is 1.61. The van der Waals surface area contributed by atoms with Crippen LogP contribution in [0.3, 0.4) is 0 Å². The summed E-state index contributed by atoms with van der Waals surface area (Å²) in [6, 6.07) is 7.92. The molecule has 0 heterocycles. The van der Waals surface area contributed by atoms with E-state index in [0.29, 0.717) is 12.8 Å². The Balaban J connectivity index is 2.25. The van der Waals surface area contributed by atoms with E-state index in [-0.39, 0.29) is 12.3 Å². The summed E-state index contributed by atoms with van der Waals surface area (Å²) < 4.78 is 0. The summed E-state index contributed by atoms with van der Waals surface area (Å²) >= 11 is 0. The molecule has 0 radical (unpaired) electrons. The van der Waals surface area contributed by atoms with Crippen LogP contribution in [0.2, 0.25) is 0 Å². The highest BCUT2D eigenvalue weighted by Crippen LogP contribution is 2.35. The van der Waals surface area contributed by atoms with Crippen molar-refractivity contribution in [1.82, 2.24) is 0 Å². The Morgan fingerprint density at radius 3 is 2.25 bits per heavy atom. The molecule has 1 aliphatic rings. The number of rotatable bonds is 3. The molecule has 1 aromatic rings. The molecule has 0 spiro atoms. The van der Waals surface area contributed by atoms with E-state index in [0.717, 1.165) is 0 Å². The zero-order valence-corrected chi connectivity index (χ0v) is 9.31. The second kappa shape index (κ2) is 3.91. The number of hydrogen-bond donors (Lipinski definition) is 2. The second-order valence-corrected chi connectivity index (χ2v) is 4.46. The largest absolute Gasteiger partial charge is 0.479 e. The highest BCUT2D eigenvalue weighted by molar-refractivity contribution is 5.77. The molecule has 0 bridgehead atoms. The molecular formula is C13H16O3. The Bertz CT molecular complexity index is 388. The molecule has 1 atom stereocenters. The average Bonchev–Trinajstić information content (AvgIpc) is 2.71. The minimum Gasteiger partial charge on any atom is -0.479 e. The molecule has 0 saturated heterocycles. The summed E-state index contributed by atoms with van der Waals surface area (Å²) in [6.07, 6.45) is 1.57. The maximum atomic E-state index is 11.1. The van der Waals surface area contributed by atoms with Crippen molar-refractivity contribution in [1.29, 1.82) is 0 Å². The third-order valence-electron chi connectivity index (χ3n) is 3.64. The number of aliphatic carboxylic acids is 1. The van der Waals surface area contributed by atoms with Gasteiger partial charge in [-0.05, 0) is 30.4 Å². The molecule has 3 heteroatoms. The van der Waals surface area contributed by atoms with Gasteiger partial charge >= 0.3 is 5.97 Å². The lowest BCUT2D eigenvalue weighted by atomic mass is 9.83. The minimum atomic E-state index is -1.58. The Hall–Kier alpha value is -1.35. The van der Waals surface area contributed by atoms with Gasteiger partial charge in [0.2, 0.25) is 0 Å². The highest BCUT2D eigenvalue weighted by Gasteiger charge is 2.44. The van der Waals surface area contributed by atoms with Gasteiger partial charge in [-0.15, -0.1) is 0 Å². The fraction of sp³-hybridized carbons (Fsp3) is 0.462. The highest BCUT2D eigenvalue weighted by atomic mass is 16.4. The molecule has 1 unspecified atom stereocenters. The molecule has 3 nitrogen and oxygen atoms in total. The maximum absolute atomic E-state index is 11.1. The van der Waals surface area contributed by atoms with Gasteiger partial charge < -0.3 is 10.2 Å². The molecule has 0 aromatic heterocycles. The van der Waals surface area contributed by atoms with Gasteiger partial charge in [0.05, 0.1) is 0 Å². The lowest BCUT2D eigenvalue weighted by molar-refractivity contribution is -0.165. The predicted octanol–water partition coefficient (Wildman–Crippen LogP) is 1.63. The van der Waals surface area contributed by atoms with Gasteiger partial charge in [0.25, 0.3) is 0 Å². The number of fused-ring (bicyclic) bond motifs is 1. The van der Waals surface area contributed by atoms with Crippen molar-refractivity contribution in [2.45, 2.75) is 31.8 Å². The Labute approximate surface area is 94.7 Å². The molecular weight excluding hydrogens is 204 g/mol. The first-order chi connectivity index (χ1) is 7.58. The molecule has 0 aliphatic heterocycles. The van der Waals surface area contributed by atoms with Crippen LogP contribution in [-0.2, 0) is 17.6 Å². The summed E-state index contributed by atoms with van der Waals surface area (Å²) in [5.74, 6) is -1.31. The molecule has 86 valence electrons. The minimum absolute atomic E-state index is 0.201. The van der Waals surface area contributed by atoms with Gasteiger partial charge in [0, 0.05) is 5.92 Å². The van der Waals surface area contributed by atoms with Crippen molar-refractivity contribution in [3.05, 3.63) is 35.4 Å². The van der Waals surface area contributed by atoms with E-state index in [2.05, 4.69) is 0 Å². The molecule has 0 saturated carbocycles. The van der Waals surface area contributed by atoms with Crippen LogP contribution < -0.4 is 0 Å². The number of carboxylic acid groups (broad SMARTS) is 1. The van der Waals surface area contributed by atoms with Crippen molar-refractivity contribution in [2.24, 2.45) is 5.92 Å². The molecule has 2 N–H and O–H groups in total. The fourth-order valence-electron chi connectivity index (χ4n) is 2.51. The fourth-order valence-corrected chi connectivity index (χ4v) is 2.51. The Morgan fingerprint density at radius 2 is 1.88 bits per heavy atom. The standard InChI is InChI=1S/C13H16O3/c1-2-13(16,12(14)15)11-7-9-5-3-4-6-10(9)8-11/h3-6,11,16H,2,7-8H2,1H3,(H,14,15). The first-order valence-corrected chi connectivity index (χ1v) is 5.60. The summed E-state index contributed by atoms with van der Waals surface area (Å²) in [6.45, 7) is 1.72. The van der Waals surface area contributed by atoms with Crippen molar-refractivity contribution >= 4 is 5.97 Å². The zero-order valence-electron chi connectivity index (χ0n) is 9.31. The van der Waals surface area contributed by atoms with Gasteiger partial charge in [-0.25, -0.2) is 4.79 Å². The lowest BCUT2D eigenvalue weighted by Crippen LogP contribution is -2.45. The van der Waals surface area contributed by atoms with Crippen LogP contribution in [0.4, 0.5) is 0 Å². The van der Waals surface area contributed by atoms with E-state index in [1.54, 1.807) is 6.92 Å². The molecule has 1 aliphatic carbocycles. The van der Waals surface area contributed by atoms with Crippen molar-refractivity contribution in [3.8, 4) is 0 Å². The number of carbonyl (C=O) groups is 1. The SMILES string of the molecule is CCC(O)(C(=O)O)C1Cc2ccccc2C1. The van der Waals surface area contributed by atoms with Gasteiger partial charge in [-0.3, -0.25) is 0 Å². The quantitative estimate of drug-likeness (QED) is 0.814. The summed E-state index contributed by atoms with van der Waals surface area (Å²) in [4.78, 5) is 11.1. The Kier molecular flexibility index (Phi) is 2.72. The molecule has 16 heavy (non-hydrogen) atoms. The van der Waals surface area contributed by atoms with Gasteiger partial charge in [0.1, 0.15) is 0 Å². The van der Waals surface area contributed by atoms with Crippen LogP contribution in [0.25, 0.3) is 0 Å². The van der Waals surface area contributed by atoms with Crippen LogP contribution in [0.5, 0.6) is 0 Å². The van der Waals surface area contributed by atoms with E-state index < -0.39 is 11.6 Å². The maximum Gasteiger partial charge on any atom is 0.335 e. The van der Waals surface area contributed by atoms with E-state index in [9.17, 15) is 9.90 Å². The molecule has 1 aromatic carbocycles. The summed E-state index contributed by atoms with van der Waals surface area (Å²) in [5, 5.41) is 19.3. The smallest absolute Gasteiger partial charge is 0.335 e. The van der Waals surface area contributed by atoms with Gasteiger partial charge in [0.15, 0.2) is 5.60 Å².